The average molecular weight is 268 g/mol. The summed E-state index contributed by atoms with van der Waals surface area (Å²) in [5.74, 6) is 5.08. The molecule has 0 spiro atoms. The fourth-order valence-corrected chi connectivity index (χ4v) is 1.87. The first-order valence-electron chi connectivity index (χ1n) is 6.02. The van der Waals surface area contributed by atoms with Crippen molar-refractivity contribution in [3.8, 4) is 0 Å². The highest BCUT2D eigenvalue weighted by molar-refractivity contribution is 5.94. The lowest BCUT2D eigenvalue weighted by atomic mass is 10.2. The van der Waals surface area contributed by atoms with Crippen molar-refractivity contribution < 1.29 is 14.0 Å². The maximum absolute atomic E-state index is 11.5. The Morgan fingerprint density at radius 1 is 1.47 bits per heavy atom. The van der Waals surface area contributed by atoms with Crippen LogP contribution in [0.4, 0.5) is 0 Å². The summed E-state index contributed by atoms with van der Waals surface area (Å²) in [6, 6.07) is 1.54. The summed E-state index contributed by atoms with van der Waals surface area (Å²) in [6.07, 6.45) is 1.41. The van der Waals surface area contributed by atoms with Crippen LogP contribution in [0.3, 0.4) is 0 Å². The normalized spacial score (nSPS) is 11.0. The van der Waals surface area contributed by atoms with Crippen molar-refractivity contribution in [2.24, 2.45) is 17.5 Å². The third-order valence-corrected chi connectivity index (χ3v) is 2.49. The predicted molar refractivity (Wildman–Crippen MR) is 69.7 cm³/mol. The molecule has 1 aromatic rings. The third-order valence-electron chi connectivity index (χ3n) is 2.49. The quantitative estimate of drug-likeness (QED) is 0.361. The number of carbonyl (C=O) groups is 2. The number of nitrogens with two attached hydrogens (primary N) is 2. The molecule has 1 heterocycles. The van der Waals surface area contributed by atoms with Crippen LogP contribution in [0.5, 0.6) is 0 Å². The Balaban J connectivity index is 2.81. The average Bonchev–Trinajstić information content (AvgIpc) is 2.74. The second-order valence-electron chi connectivity index (χ2n) is 4.76. The fourth-order valence-electron chi connectivity index (χ4n) is 1.87. The van der Waals surface area contributed by atoms with Crippen molar-refractivity contribution >= 4 is 11.8 Å². The molecule has 0 unspecified atom stereocenters. The number of furan rings is 1. The summed E-state index contributed by atoms with van der Waals surface area (Å²) in [5.41, 5.74) is 7.63. The van der Waals surface area contributed by atoms with Gasteiger partial charge in [0.25, 0.3) is 5.91 Å². The van der Waals surface area contributed by atoms with Gasteiger partial charge in [-0.1, -0.05) is 13.8 Å². The van der Waals surface area contributed by atoms with Gasteiger partial charge in [-0.05, 0) is 12.0 Å². The summed E-state index contributed by atoms with van der Waals surface area (Å²) in [7, 11) is 0. The number of nitrogens with zero attached hydrogens (tertiary/aromatic N) is 1. The maximum atomic E-state index is 11.5. The van der Waals surface area contributed by atoms with Crippen molar-refractivity contribution in [2.45, 2.75) is 20.4 Å². The molecule has 1 aromatic heterocycles. The van der Waals surface area contributed by atoms with Crippen molar-refractivity contribution in [3.63, 3.8) is 0 Å². The first-order chi connectivity index (χ1) is 8.93. The number of carbonyl (C=O) groups excluding carboxylic acids is 2. The van der Waals surface area contributed by atoms with Gasteiger partial charge in [-0.3, -0.25) is 19.9 Å². The number of nitrogen functional groups attached to an aromatic ring is 1. The highest BCUT2D eigenvalue weighted by atomic mass is 16.3. The third kappa shape index (κ3) is 4.72. The lowest BCUT2D eigenvalue weighted by molar-refractivity contribution is -0.119. The number of nitrogens with one attached hydrogen (secondary N) is 1. The molecule has 0 aromatic carbocycles. The van der Waals surface area contributed by atoms with E-state index in [9.17, 15) is 9.59 Å². The summed E-state index contributed by atoms with van der Waals surface area (Å²) < 4.78 is 5.27. The SMILES string of the molecule is CC(C)CN(CC(N)=O)Cc1occc1C(=O)NN. The van der Waals surface area contributed by atoms with E-state index in [4.69, 9.17) is 16.0 Å². The van der Waals surface area contributed by atoms with Crippen LogP contribution in [0, 0.1) is 5.92 Å². The molecule has 0 atom stereocenters. The predicted octanol–water partition coefficient (Wildman–Crippen LogP) is -0.174. The number of rotatable bonds is 7. The largest absolute Gasteiger partial charge is 0.467 e. The molecule has 2 amide bonds. The second-order valence-corrected chi connectivity index (χ2v) is 4.76. The van der Waals surface area contributed by atoms with Crippen molar-refractivity contribution in [1.29, 1.82) is 0 Å². The van der Waals surface area contributed by atoms with Gasteiger partial charge in [0.15, 0.2) is 0 Å². The van der Waals surface area contributed by atoms with E-state index in [0.29, 0.717) is 30.3 Å². The fraction of sp³-hybridized carbons (Fsp3) is 0.500. The van der Waals surface area contributed by atoms with Gasteiger partial charge in [0.2, 0.25) is 5.91 Å². The molecule has 7 nitrogen and oxygen atoms in total. The molecule has 1 rings (SSSR count). The minimum atomic E-state index is -0.424. The van der Waals surface area contributed by atoms with Crippen LogP contribution in [-0.4, -0.2) is 29.8 Å². The molecule has 0 bridgehead atoms. The Morgan fingerprint density at radius 2 is 2.16 bits per heavy atom. The second kappa shape index (κ2) is 6.91. The zero-order valence-electron chi connectivity index (χ0n) is 11.2. The number of amides is 2. The van der Waals surface area contributed by atoms with Crippen LogP contribution < -0.4 is 17.0 Å². The highest BCUT2D eigenvalue weighted by Crippen LogP contribution is 2.14. The van der Waals surface area contributed by atoms with E-state index in [-0.39, 0.29) is 6.54 Å². The molecular weight excluding hydrogens is 248 g/mol. The van der Waals surface area contributed by atoms with Gasteiger partial charge in [0.05, 0.1) is 24.9 Å². The molecule has 0 aliphatic carbocycles. The first kappa shape index (κ1) is 15.2. The van der Waals surface area contributed by atoms with Crippen LogP contribution in [0.1, 0.15) is 30.0 Å². The minimum absolute atomic E-state index is 0.114. The van der Waals surface area contributed by atoms with Gasteiger partial charge in [-0.15, -0.1) is 0 Å². The van der Waals surface area contributed by atoms with E-state index >= 15 is 0 Å². The summed E-state index contributed by atoms with van der Waals surface area (Å²) in [6.45, 7) is 5.18. The van der Waals surface area contributed by atoms with Crippen LogP contribution in [-0.2, 0) is 11.3 Å². The number of hydrazine groups is 1. The summed E-state index contributed by atoms with van der Waals surface area (Å²) in [5, 5.41) is 0. The highest BCUT2D eigenvalue weighted by Gasteiger charge is 2.18. The Kier molecular flexibility index (Phi) is 5.53. The zero-order chi connectivity index (χ0) is 14.4. The standard InChI is InChI=1S/C12H20N4O3/c1-8(2)5-16(7-11(13)17)6-10-9(3-4-19-10)12(18)15-14/h3-4,8H,5-7,14H2,1-2H3,(H2,13,17)(H,15,18). The molecule has 0 aliphatic heterocycles. The van der Waals surface area contributed by atoms with Gasteiger partial charge in [-0.2, -0.15) is 0 Å². The summed E-state index contributed by atoms with van der Waals surface area (Å²) in [4.78, 5) is 24.4. The van der Waals surface area contributed by atoms with E-state index in [1.165, 1.54) is 12.3 Å². The smallest absolute Gasteiger partial charge is 0.268 e. The monoisotopic (exact) mass is 268 g/mol. The molecular formula is C12H20N4O3. The van der Waals surface area contributed by atoms with Crippen LogP contribution in [0.25, 0.3) is 0 Å². The van der Waals surface area contributed by atoms with Gasteiger partial charge in [0.1, 0.15) is 5.76 Å². The lowest BCUT2D eigenvalue weighted by Crippen LogP contribution is -2.36. The molecule has 0 aliphatic rings. The first-order valence-corrected chi connectivity index (χ1v) is 6.02. The van der Waals surface area contributed by atoms with E-state index in [2.05, 4.69) is 5.43 Å². The van der Waals surface area contributed by atoms with E-state index < -0.39 is 11.8 Å². The number of hydrogen-bond donors (Lipinski definition) is 3. The van der Waals surface area contributed by atoms with Crippen molar-refractivity contribution in [2.75, 3.05) is 13.1 Å². The molecule has 5 N–H and O–H groups in total. The van der Waals surface area contributed by atoms with Crippen molar-refractivity contribution in [3.05, 3.63) is 23.7 Å². The van der Waals surface area contributed by atoms with Crippen LogP contribution in [0.15, 0.2) is 16.7 Å². The Labute approximate surface area is 111 Å². The molecule has 7 heteroatoms. The maximum Gasteiger partial charge on any atom is 0.268 e. The Hall–Kier alpha value is -1.86. The minimum Gasteiger partial charge on any atom is -0.467 e. The molecule has 0 saturated carbocycles. The van der Waals surface area contributed by atoms with E-state index in [1.54, 1.807) is 0 Å². The molecule has 19 heavy (non-hydrogen) atoms. The summed E-state index contributed by atoms with van der Waals surface area (Å²) >= 11 is 0. The molecule has 0 saturated heterocycles. The lowest BCUT2D eigenvalue weighted by Gasteiger charge is -2.21. The van der Waals surface area contributed by atoms with E-state index in [0.717, 1.165) is 0 Å². The number of hydrogen-bond acceptors (Lipinski definition) is 5. The van der Waals surface area contributed by atoms with Crippen LogP contribution >= 0.6 is 0 Å². The van der Waals surface area contributed by atoms with Crippen molar-refractivity contribution in [1.82, 2.24) is 10.3 Å². The molecule has 106 valence electrons. The Bertz CT molecular complexity index is 442. The van der Waals surface area contributed by atoms with Gasteiger partial charge in [0, 0.05) is 6.54 Å². The van der Waals surface area contributed by atoms with Crippen LogP contribution in [0.2, 0.25) is 0 Å². The van der Waals surface area contributed by atoms with Gasteiger partial charge in [-0.25, -0.2) is 5.84 Å². The van der Waals surface area contributed by atoms with Gasteiger partial charge >= 0.3 is 0 Å². The van der Waals surface area contributed by atoms with Gasteiger partial charge < -0.3 is 10.2 Å². The number of primary amides is 1. The molecule has 0 radical (unpaired) electrons. The zero-order valence-corrected chi connectivity index (χ0v) is 11.2. The van der Waals surface area contributed by atoms with E-state index in [1.807, 2.05) is 18.7 Å². The topological polar surface area (TPSA) is 115 Å². The Morgan fingerprint density at radius 3 is 2.68 bits per heavy atom. The molecule has 0 fully saturated rings.